The van der Waals surface area contributed by atoms with E-state index in [2.05, 4.69) is 10.3 Å². The number of aryl methyl sites for hydroxylation is 1. The summed E-state index contributed by atoms with van der Waals surface area (Å²) in [6.07, 6.45) is 2.88. The number of halogens is 1. The van der Waals surface area contributed by atoms with E-state index in [1.165, 1.54) is 0 Å². The molecule has 2 aromatic rings. The van der Waals surface area contributed by atoms with Gasteiger partial charge in [-0.2, -0.15) is 0 Å². The van der Waals surface area contributed by atoms with Crippen molar-refractivity contribution < 1.29 is 0 Å². The van der Waals surface area contributed by atoms with Crippen molar-refractivity contribution in [3.05, 3.63) is 36.5 Å². The molecule has 0 aliphatic carbocycles. The summed E-state index contributed by atoms with van der Waals surface area (Å²) in [6, 6.07) is 10.0. The quantitative estimate of drug-likeness (QED) is 0.883. The Morgan fingerprint density at radius 2 is 1.94 bits per heavy atom. The van der Waals surface area contributed by atoms with Crippen LogP contribution in [-0.2, 0) is 6.54 Å². The van der Waals surface area contributed by atoms with Crippen molar-refractivity contribution in [3.8, 4) is 11.3 Å². The van der Waals surface area contributed by atoms with Crippen LogP contribution in [0.2, 0.25) is 0 Å². The van der Waals surface area contributed by atoms with Crippen LogP contribution < -0.4 is 5.73 Å². The van der Waals surface area contributed by atoms with Crippen molar-refractivity contribution in [2.75, 3.05) is 6.54 Å². The highest BCUT2D eigenvalue weighted by Crippen LogP contribution is 2.14. The molecule has 0 atom stereocenters. The Balaban J connectivity index is 0.00000128. The van der Waals surface area contributed by atoms with Crippen molar-refractivity contribution in [1.29, 1.82) is 0 Å². The summed E-state index contributed by atoms with van der Waals surface area (Å²) in [4.78, 5) is 0. The monoisotopic (exact) mass is 238 g/mol. The molecular weight excluding hydrogens is 224 g/mol. The summed E-state index contributed by atoms with van der Waals surface area (Å²) in [7, 11) is 0. The molecule has 86 valence electrons. The first-order chi connectivity index (χ1) is 7.40. The SMILES string of the molecule is Cl.NCCCn1cc(-c2ccccc2)nn1. The first-order valence-electron chi connectivity index (χ1n) is 5.06. The van der Waals surface area contributed by atoms with Gasteiger partial charge >= 0.3 is 0 Å². The second-order valence-electron chi connectivity index (χ2n) is 3.38. The Kier molecular flexibility index (Phi) is 4.95. The zero-order valence-corrected chi connectivity index (χ0v) is 9.73. The highest BCUT2D eigenvalue weighted by molar-refractivity contribution is 5.85. The van der Waals surface area contributed by atoms with Gasteiger partial charge in [-0.1, -0.05) is 35.5 Å². The van der Waals surface area contributed by atoms with Gasteiger partial charge in [-0.3, -0.25) is 4.68 Å². The lowest BCUT2D eigenvalue weighted by Crippen LogP contribution is -2.06. The molecular formula is C11H15ClN4. The fourth-order valence-corrected chi connectivity index (χ4v) is 1.40. The Labute approximate surface area is 101 Å². The third kappa shape index (κ3) is 3.05. The Hall–Kier alpha value is -1.39. The van der Waals surface area contributed by atoms with Crippen LogP contribution in [-0.4, -0.2) is 21.5 Å². The van der Waals surface area contributed by atoms with E-state index in [4.69, 9.17) is 5.73 Å². The van der Waals surface area contributed by atoms with Gasteiger partial charge < -0.3 is 5.73 Å². The van der Waals surface area contributed by atoms with Crippen LogP contribution in [0.1, 0.15) is 6.42 Å². The van der Waals surface area contributed by atoms with Gasteiger partial charge in [-0.25, -0.2) is 0 Å². The number of hydrogen-bond donors (Lipinski definition) is 1. The third-order valence-corrected chi connectivity index (χ3v) is 2.20. The Morgan fingerprint density at radius 3 is 2.62 bits per heavy atom. The molecule has 1 heterocycles. The zero-order chi connectivity index (χ0) is 10.5. The molecule has 2 N–H and O–H groups in total. The van der Waals surface area contributed by atoms with E-state index in [1.807, 2.05) is 41.2 Å². The summed E-state index contributed by atoms with van der Waals surface area (Å²) in [5.74, 6) is 0. The van der Waals surface area contributed by atoms with E-state index in [0.717, 1.165) is 24.2 Å². The molecule has 0 bridgehead atoms. The van der Waals surface area contributed by atoms with Gasteiger partial charge in [0.05, 0.1) is 6.20 Å². The summed E-state index contributed by atoms with van der Waals surface area (Å²) in [5.41, 5.74) is 7.44. The number of hydrogen-bond acceptors (Lipinski definition) is 3. The van der Waals surface area contributed by atoms with Gasteiger partial charge in [0.15, 0.2) is 0 Å². The van der Waals surface area contributed by atoms with Gasteiger partial charge in [0, 0.05) is 12.1 Å². The summed E-state index contributed by atoms with van der Waals surface area (Å²) < 4.78 is 1.83. The molecule has 0 radical (unpaired) electrons. The number of benzene rings is 1. The number of aromatic nitrogens is 3. The van der Waals surface area contributed by atoms with Crippen molar-refractivity contribution >= 4 is 12.4 Å². The Morgan fingerprint density at radius 1 is 1.19 bits per heavy atom. The maximum Gasteiger partial charge on any atom is 0.113 e. The largest absolute Gasteiger partial charge is 0.330 e. The van der Waals surface area contributed by atoms with Crippen LogP contribution in [0.15, 0.2) is 36.5 Å². The molecule has 0 aliphatic rings. The fraction of sp³-hybridized carbons (Fsp3) is 0.273. The summed E-state index contributed by atoms with van der Waals surface area (Å²) >= 11 is 0. The topological polar surface area (TPSA) is 56.7 Å². The fourth-order valence-electron chi connectivity index (χ4n) is 1.40. The maximum absolute atomic E-state index is 5.43. The van der Waals surface area contributed by atoms with E-state index in [0.29, 0.717) is 6.54 Å². The highest BCUT2D eigenvalue weighted by atomic mass is 35.5. The molecule has 0 spiro atoms. The van der Waals surface area contributed by atoms with Crippen LogP contribution in [0.25, 0.3) is 11.3 Å². The van der Waals surface area contributed by atoms with Crippen LogP contribution in [0.5, 0.6) is 0 Å². The van der Waals surface area contributed by atoms with E-state index < -0.39 is 0 Å². The molecule has 1 aromatic carbocycles. The predicted octanol–water partition coefficient (Wildman–Crippen LogP) is 1.72. The normalized spacial score (nSPS) is 9.81. The first-order valence-corrected chi connectivity index (χ1v) is 5.06. The average Bonchev–Trinajstić information content (AvgIpc) is 2.76. The van der Waals surface area contributed by atoms with Gasteiger partial charge in [0.1, 0.15) is 5.69 Å². The minimum Gasteiger partial charge on any atom is -0.330 e. The van der Waals surface area contributed by atoms with Gasteiger partial charge in [-0.05, 0) is 13.0 Å². The molecule has 0 saturated heterocycles. The zero-order valence-electron chi connectivity index (χ0n) is 8.91. The number of rotatable bonds is 4. The van der Waals surface area contributed by atoms with Crippen LogP contribution in [0.3, 0.4) is 0 Å². The molecule has 1 aromatic heterocycles. The summed E-state index contributed by atoms with van der Waals surface area (Å²) in [5, 5.41) is 8.15. The smallest absolute Gasteiger partial charge is 0.113 e. The van der Waals surface area contributed by atoms with Crippen LogP contribution >= 0.6 is 12.4 Å². The molecule has 0 amide bonds. The summed E-state index contributed by atoms with van der Waals surface area (Å²) in [6.45, 7) is 1.51. The lowest BCUT2D eigenvalue weighted by molar-refractivity contribution is 0.564. The van der Waals surface area contributed by atoms with Crippen molar-refractivity contribution in [2.24, 2.45) is 5.73 Å². The van der Waals surface area contributed by atoms with Gasteiger partial charge in [0.25, 0.3) is 0 Å². The second-order valence-corrected chi connectivity index (χ2v) is 3.38. The minimum atomic E-state index is 0. The minimum absolute atomic E-state index is 0. The van der Waals surface area contributed by atoms with Gasteiger partial charge in [0.2, 0.25) is 0 Å². The number of nitrogens with two attached hydrogens (primary N) is 1. The molecule has 2 rings (SSSR count). The molecule has 16 heavy (non-hydrogen) atoms. The van der Waals surface area contributed by atoms with Crippen molar-refractivity contribution in [1.82, 2.24) is 15.0 Å². The standard InChI is InChI=1S/C11H14N4.ClH/c12-7-4-8-15-9-11(13-14-15)10-5-2-1-3-6-10;/h1-3,5-6,9H,4,7-8,12H2;1H. The third-order valence-electron chi connectivity index (χ3n) is 2.20. The first kappa shape index (κ1) is 12.7. The molecule has 5 heteroatoms. The maximum atomic E-state index is 5.43. The van der Waals surface area contributed by atoms with E-state index >= 15 is 0 Å². The van der Waals surface area contributed by atoms with Crippen molar-refractivity contribution in [3.63, 3.8) is 0 Å². The van der Waals surface area contributed by atoms with Crippen LogP contribution in [0.4, 0.5) is 0 Å². The second kappa shape index (κ2) is 6.25. The molecule has 0 aliphatic heterocycles. The van der Waals surface area contributed by atoms with Crippen LogP contribution in [0, 0.1) is 0 Å². The molecule has 0 saturated carbocycles. The molecule has 4 nitrogen and oxygen atoms in total. The highest BCUT2D eigenvalue weighted by Gasteiger charge is 2.01. The molecule has 0 fully saturated rings. The van der Waals surface area contributed by atoms with E-state index in [9.17, 15) is 0 Å². The molecule has 0 unspecified atom stereocenters. The average molecular weight is 239 g/mol. The Bertz CT molecular complexity index is 413. The lowest BCUT2D eigenvalue weighted by atomic mass is 10.2. The van der Waals surface area contributed by atoms with E-state index in [1.54, 1.807) is 0 Å². The van der Waals surface area contributed by atoms with E-state index in [-0.39, 0.29) is 12.4 Å². The predicted molar refractivity (Wildman–Crippen MR) is 66.4 cm³/mol. The lowest BCUT2D eigenvalue weighted by Gasteiger charge is -1.96. The van der Waals surface area contributed by atoms with Crippen molar-refractivity contribution in [2.45, 2.75) is 13.0 Å². The number of nitrogens with zero attached hydrogens (tertiary/aromatic N) is 3. The van der Waals surface area contributed by atoms with Gasteiger partial charge in [-0.15, -0.1) is 17.5 Å².